The first kappa shape index (κ1) is 15.0. The van der Waals surface area contributed by atoms with E-state index in [9.17, 15) is 13.2 Å². The van der Waals surface area contributed by atoms with Gasteiger partial charge in [0.1, 0.15) is 0 Å². The van der Waals surface area contributed by atoms with Crippen molar-refractivity contribution in [2.45, 2.75) is 24.3 Å². The molecule has 20 heavy (non-hydrogen) atoms. The Morgan fingerprint density at radius 2 is 2.05 bits per heavy atom. The highest BCUT2D eigenvalue weighted by atomic mass is 32.2. The van der Waals surface area contributed by atoms with Crippen LogP contribution in [0, 0.1) is 0 Å². The number of benzene rings is 1. The van der Waals surface area contributed by atoms with Crippen molar-refractivity contribution in [3.8, 4) is 0 Å². The number of hydrogen-bond donors (Lipinski definition) is 0. The van der Waals surface area contributed by atoms with Crippen molar-refractivity contribution >= 4 is 15.7 Å². The summed E-state index contributed by atoms with van der Waals surface area (Å²) in [5, 5.41) is 0. The zero-order chi connectivity index (χ0) is 14.6. The third-order valence-electron chi connectivity index (χ3n) is 3.37. The molecule has 6 heteroatoms. The molecule has 1 atom stereocenters. The van der Waals surface area contributed by atoms with Gasteiger partial charge in [-0.3, -0.25) is 4.79 Å². The first-order valence-corrected chi connectivity index (χ1v) is 8.31. The Hall–Kier alpha value is -1.40. The number of rotatable bonds is 4. The van der Waals surface area contributed by atoms with Crippen LogP contribution in [-0.2, 0) is 19.4 Å². The minimum atomic E-state index is -3.39. The van der Waals surface area contributed by atoms with Crippen molar-refractivity contribution in [1.82, 2.24) is 4.90 Å². The topological polar surface area (TPSA) is 63.7 Å². The third kappa shape index (κ3) is 3.58. The molecule has 0 spiro atoms. The fourth-order valence-electron chi connectivity index (χ4n) is 2.21. The van der Waals surface area contributed by atoms with Gasteiger partial charge in [-0.2, -0.15) is 0 Å². The molecule has 0 bridgehead atoms. The molecule has 1 saturated heterocycles. The molecule has 0 N–H and O–H groups in total. The number of ether oxygens (including phenoxy) is 1. The summed E-state index contributed by atoms with van der Waals surface area (Å²) in [6, 6.07) is 8.24. The van der Waals surface area contributed by atoms with Gasteiger partial charge in [0.05, 0.1) is 29.9 Å². The Labute approximate surface area is 119 Å². The molecule has 1 aromatic carbocycles. The predicted octanol–water partition coefficient (Wildman–Crippen LogP) is 1.10. The fourth-order valence-corrected chi connectivity index (χ4v) is 3.46. The SMILES string of the molecule is CC1COCCN1C(=O)CCS(=O)(=O)c1ccccc1. The minimum absolute atomic E-state index is 0.00989. The van der Waals surface area contributed by atoms with Crippen LogP contribution in [0.1, 0.15) is 13.3 Å². The van der Waals surface area contributed by atoms with E-state index in [1.807, 2.05) is 6.92 Å². The van der Waals surface area contributed by atoms with E-state index in [1.165, 1.54) is 0 Å². The van der Waals surface area contributed by atoms with Gasteiger partial charge in [-0.05, 0) is 19.1 Å². The molecule has 0 aromatic heterocycles. The first-order valence-electron chi connectivity index (χ1n) is 6.66. The Morgan fingerprint density at radius 3 is 2.70 bits per heavy atom. The van der Waals surface area contributed by atoms with E-state index in [-0.39, 0.29) is 29.0 Å². The number of sulfone groups is 1. The van der Waals surface area contributed by atoms with Crippen LogP contribution in [0.25, 0.3) is 0 Å². The summed E-state index contributed by atoms with van der Waals surface area (Å²) in [6.45, 7) is 3.47. The minimum Gasteiger partial charge on any atom is -0.377 e. The first-order chi connectivity index (χ1) is 9.50. The quantitative estimate of drug-likeness (QED) is 0.835. The summed E-state index contributed by atoms with van der Waals surface area (Å²) in [5.41, 5.74) is 0. The van der Waals surface area contributed by atoms with Crippen molar-refractivity contribution in [2.24, 2.45) is 0 Å². The van der Waals surface area contributed by atoms with Gasteiger partial charge in [0.2, 0.25) is 5.91 Å². The molecule has 1 fully saturated rings. The zero-order valence-corrected chi connectivity index (χ0v) is 12.3. The van der Waals surface area contributed by atoms with Gasteiger partial charge < -0.3 is 9.64 Å². The van der Waals surface area contributed by atoms with Crippen molar-refractivity contribution in [1.29, 1.82) is 0 Å². The summed E-state index contributed by atoms with van der Waals surface area (Å²) < 4.78 is 29.5. The molecule has 5 nitrogen and oxygen atoms in total. The standard InChI is InChI=1S/C14H19NO4S/c1-12-11-19-9-8-15(12)14(16)7-10-20(17,18)13-5-3-2-4-6-13/h2-6,12H,7-11H2,1H3. The average molecular weight is 297 g/mol. The van der Waals surface area contributed by atoms with Gasteiger partial charge in [-0.1, -0.05) is 18.2 Å². The molecule has 0 radical (unpaired) electrons. The molecule has 1 aromatic rings. The highest BCUT2D eigenvalue weighted by Gasteiger charge is 2.25. The third-order valence-corrected chi connectivity index (χ3v) is 5.11. The maximum absolute atomic E-state index is 12.1. The lowest BCUT2D eigenvalue weighted by molar-refractivity contribution is -0.138. The molecular formula is C14H19NO4S. The molecular weight excluding hydrogens is 278 g/mol. The van der Waals surface area contributed by atoms with Crippen LogP contribution in [0.3, 0.4) is 0 Å². The lowest BCUT2D eigenvalue weighted by Crippen LogP contribution is -2.47. The monoisotopic (exact) mass is 297 g/mol. The van der Waals surface area contributed by atoms with Gasteiger partial charge in [-0.15, -0.1) is 0 Å². The summed E-state index contributed by atoms with van der Waals surface area (Å²) in [7, 11) is -3.39. The lowest BCUT2D eigenvalue weighted by atomic mass is 10.2. The fraction of sp³-hybridized carbons (Fsp3) is 0.500. The Balaban J connectivity index is 1.96. The number of nitrogens with zero attached hydrogens (tertiary/aromatic N) is 1. The maximum Gasteiger partial charge on any atom is 0.224 e. The number of morpholine rings is 1. The molecule has 1 aliphatic rings. The molecule has 0 saturated carbocycles. The Bertz CT molecular complexity index is 556. The average Bonchev–Trinajstić information content (AvgIpc) is 2.46. The van der Waals surface area contributed by atoms with E-state index in [2.05, 4.69) is 0 Å². The number of carbonyl (C=O) groups excluding carboxylic acids is 1. The van der Waals surface area contributed by atoms with Gasteiger partial charge in [0.15, 0.2) is 9.84 Å². The second-order valence-electron chi connectivity index (χ2n) is 4.89. The van der Waals surface area contributed by atoms with Crippen LogP contribution < -0.4 is 0 Å². The highest BCUT2D eigenvalue weighted by molar-refractivity contribution is 7.91. The van der Waals surface area contributed by atoms with E-state index in [1.54, 1.807) is 35.2 Å². The van der Waals surface area contributed by atoms with Crippen molar-refractivity contribution in [2.75, 3.05) is 25.5 Å². The number of hydrogen-bond acceptors (Lipinski definition) is 4. The zero-order valence-electron chi connectivity index (χ0n) is 11.5. The van der Waals surface area contributed by atoms with Crippen LogP contribution in [0.5, 0.6) is 0 Å². The van der Waals surface area contributed by atoms with E-state index in [0.717, 1.165) is 0 Å². The van der Waals surface area contributed by atoms with E-state index in [0.29, 0.717) is 19.8 Å². The molecule has 0 aliphatic carbocycles. The van der Waals surface area contributed by atoms with E-state index >= 15 is 0 Å². The second-order valence-corrected chi connectivity index (χ2v) is 7.00. The van der Waals surface area contributed by atoms with E-state index in [4.69, 9.17) is 4.74 Å². The predicted molar refractivity (Wildman–Crippen MR) is 75.1 cm³/mol. The van der Waals surface area contributed by atoms with Crippen LogP contribution in [0.2, 0.25) is 0 Å². The van der Waals surface area contributed by atoms with Crippen LogP contribution >= 0.6 is 0 Å². The molecule has 1 aliphatic heterocycles. The van der Waals surface area contributed by atoms with Crippen molar-refractivity contribution in [3.63, 3.8) is 0 Å². The second kappa shape index (κ2) is 6.37. The van der Waals surface area contributed by atoms with Gasteiger partial charge in [0.25, 0.3) is 0 Å². The summed E-state index contributed by atoms with van der Waals surface area (Å²) in [5.74, 6) is -0.278. The van der Waals surface area contributed by atoms with Gasteiger partial charge in [0, 0.05) is 13.0 Å². The molecule has 1 amide bonds. The summed E-state index contributed by atoms with van der Waals surface area (Å²) >= 11 is 0. The molecule has 2 rings (SSSR count). The van der Waals surface area contributed by atoms with Gasteiger partial charge >= 0.3 is 0 Å². The number of amides is 1. The Kier molecular flexibility index (Phi) is 4.77. The lowest BCUT2D eigenvalue weighted by Gasteiger charge is -2.33. The van der Waals surface area contributed by atoms with Gasteiger partial charge in [-0.25, -0.2) is 8.42 Å². The Morgan fingerprint density at radius 1 is 1.35 bits per heavy atom. The summed E-state index contributed by atoms with van der Waals surface area (Å²) in [4.78, 5) is 14.1. The van der Waals surface area contributed by atoms with Crippen molar-refractivity contribution < 1.29 is 17.9 Å². The molecule has 1 unspecified atom stereocenters. The van der Waals surface area contributed by atoms with Crippen molar-refractivity contribution in [3.05, 3.63) is 30.3 Å². The molecule has 1 heterocycles. The number of carbonyl (C=O) groups is 1. The largest absolute Gasteiger partial charge is 0.377 e. The van der Waals surface area contributed by atoms with Crippen LogP contribution in [0.4, 0.5) is 0 Å². The maximum atomic E-state index is 12.1. The highest BCUT2D eigenvalue weighted by Crippen LogP contribution is 2.13. The van der Waals surface area contributed by atoms with Crippen LogP contribution in [0.15, 0.2) is 35.2 Å². The van der Waals surface area contributed by atoms with E-state index < -0.39 is 9.84 Å². The smallest absolute Gasteiger partial charge is 0.224 e. The van der Waals surface area contributed by atoms with Crippen LogP contribution in [-0.4, -0.2) is 50.8 Å². The summed E-state index contributed by atoms with van der Waals surface area (Å²) in [6.07, 6.45) is 0.0154. The molecule has 110 valence electrons. The normalized spacial score (nSPS) is 19.9.